The van der Waals surface area contributed by atoms with Crippen LogP contribution in [0.1, 0.15) is 37.5 Å². The maximum Gasteiger partial charge on any atom is 0.417 e. The number of nitrogens with zero attached hydrogens (tertiary/aromatic N) is 3. The van der Waals surface area contributed by atoms with Gasteiger partial charge in [-0.1, -0.05) is 17.7 Å². The van der Waals surface area contributed by atoms with Gasteiger partial charge in [0.05, 0.1) is 22.3 Å². The van der Waals surface area contributed by atoms with Gasteiger partial charge in [0.15, 0.2) is 0 Å². The van der Waals surface area contributed by atoms with E-state index < -0.39 is 11.7 Å². The van der Waals surface area contributed by atoms with Crippen molar-refractivity contribution in [3.8, 4) is 0 Å². The minimum Gasteiger partial charge on any atom is -0.365 e. The van der Waals surface area contributed by atoms with Gasteiger partial charge in [0.2, 0.25) is 0 Å². The molecule has 0 aliphatic carbocycles. The molecule has 0 fully saturated rings. The van der Waals surface area contributed by atoms with Gasteiger partial charge in [-0.15, -0.1) is 0 Å². The molecule has 0 saturated heterocycles. The second-order valence-electron chi connectivity index (χ2n) is 7.23. The topological polar surface area (TPSA) is 40.5 Å². The number of hydrogen-bond acceptors (Lipinski definition) is 4. The van der Waals surface area contributed by atoms with Crippen molar-refractivity contribution in [3.63, 3.8) is 0 Å². The van der Waals surface area contributed by atoms with Gasteiger partial charge in [-0.05, 0) is 50.6 Å². The van der Waals surface area contributed by atoms with E-state index in [0.29, 0.717) is 10.6 Å². The van der Waals surface area contributed by atoms with Crippen LogP contribution in [0.15, 0.2) is 41.6 Å². The van der Waals surface area contributed by atoms with Gasteiger partial charge >= 0.3 is 6.18 Å². The standard InChI is InChI=1S/C20H20ClF3N4/c1-12-9-19(2,3)28(4)17-8-16(21)13(7-15(12)17)10-26-27-18-6-5-14(11-25-18)20(22,23)24/h5-11H,1-4H3,(H,25,27)/b26-10+. The Hall–Kier alpha value is -2.54. The summed E-state index contributed by atoms with van der Waals surface area (Å²) in [5.74, 6) is 0.205. The molecule has 1 aromatic carbocycles. The number of alkyl halides is 3. The Morgan fingerprint density at radius 3 is 2.57 bits per heavy atom. The van der Waals surface area contributed by atoms with Gasteiger partial charge in [-0.3, -0.25) is 5.43 Å². The molecule has 0 unspecified atom stereocenters. The van der Waals surface area contributed by atoms with Crippen molar-refractivity contribution >= 4 is 34.9 Å². The number of allylic oxidation sites excluding steroid dienone is 1. The molecule has 0 spiro atoms. The largest absolute Gasteiger partial charge is 0.417 e. The second-order valence-corrected chi connectivity index (χ2v) is 7.64. The number of benzene rings is 1. The fraction of sp³-hybridized carbons (Fsp3) is 0.300. The predicted molar refractivity (Wildman–Crippen MR) is 108 cm³/mol. The molecule has 1 aliphatic heterocycles. The Balaban J connectivity index is 1.81. The van der Waals surface area contributed by atoms with E-state index in [0.717, 1.165) is 29.1 Å². The minimum absolute atomic E-state index is 0.119. The first kappa shape index (κ1) is 20.2. The van der Waals surface area contributed by atoms with Gasteiger partial charge in [-0.2, -0.15) is 18.3 Å². The highest BCUT2D eigenvalue weighted by Crippen LogP contribution is 2.40. The first-order valence-corrected chi connectivity index (χ1v) is 8.96. The van der Waals surface area contributed by atoms with Crippen molar-refractivity contribution < 1.29 is 13.2 Å². The van der Waals surface area contributed by atoms with E-state index >= 15 is 0 Å². The third kappa shape index (κ3) is 3.99. The highest BCUT2D eigenvalue weighted by molar-refractivity contribution is 6.33. The zero-order valence-corrected chi connectivity index (χ0v) is 16.7. The molecule has 2 aromatic rings. The Morgan fingerprint density at radius 2 is 1.96 bits per heavy atom. The molecule has 0 atom stereocenters. The fourth-order valence-electron chi connectivity index (χ4n) is 3.08. The molecular weight excluding hydrogens is 389 g/mol. The maximum atomic E-state index is 12.6. The summed E-state index contributed by atoms with van der Waals surface area (Å²) in [4.78, 5) is 5.87. The number of fused-ring (bicyclic) bond motifs is 1. The summed E-state index contributed by atoms with van der Waals surface area (Å²) >= 11 is 6.41. The molecule has 4 nitrogen and oxygen atoms in total. The van der Waals surface area contributed by atoms with Crippen molar-refractivity contribution in [2.75, 3.05) is 17.4 Å². The number of nitrogens with one attached hydrogen (secondary N) is 1. The number of halogens is 4. The molecule has 0 bridgehead atoms. The predicted octanol–water partition coefficient (Wildman–Crippen LogP) is 5.83. The van der Waals surface area contributed by atoms with E-state index in [4.69, 9.17) is 11.6 Å². The fourth-order valence-corrected chi connectivity index (χ4v) is 3.29. The van der Waals surface area contributed by atoms with E-state index in [1.54, 1.807) is 0 Å². The molecule has 0 radical (unpaired) electrons. The minimum atomic E-state index is -4.42. The monoisotopic (exact) mass is 408 g/mol. The molecular formula is C20H20ClF3N4. The van der Waals surface area contributed by atoms with Crippen LogP contribution in [0.4, 0.5) is 24.7 Å². The van der Waals surface area contributed by atoms with Crippen LogP contribution >= 0.6 is 11.6 Å². The van der Waals surface area contributed by atoms with Crippen molar-refractivity contribution in [1.82, 2.24) is 4.98 Å². The maximum absolute atomic E-state index is 12.6. The summed E-state index contributed by atoms with van der Waals surface area (Å²) < 4.78 is 37.7. The first-order chi connectivity index (χ1) is 13.0. The van der Waals surface area contributed by atoms with Gasteiger partial charge in [0.1, 0.15) is 5.82 Å². The highest BCUT2D eigenvalue weighted by atomic mass is 35.5. The number of hydrazone groups is 1. The van der Waals surface area contributed by atoms with E-state index in [1.165, 1.54) is 12.3 Å². The molecule has 1 aliphatic rings. The molecule has 28 heavy (non-hydrogen) atoms. The summed E-state index contributed by atoms with van der Waals surface area (Å²) in [7, 11) is 2.02. The molecule has 3 rings (SSSR count). The number of rotatable bonds is 3. The number of aromatic nitrogens is 1. The lowest BCUT2D eigenvalue weighted by Gasteiger charge is -2.40. The summed E-state index contributed by atoms with van der Waals surface area (Å²) in [5.41, 5.74) is 5.61. The van der Waals surface area contributed by atoms with Gasteiger partial charge in [-0.25, -0.2) is 4.98 Å². The van der Waals surface area contributed by atoms with E-state index in [1.807, 2.05) is 26.1 Å². The van der Waals surface area contributed by atoms with Gasteiger partial charge < -0.3 is 4.90 Å². The van der Waals surface area contributed by atoms with Crippen LogP contribution in [0.3, 0.4) is 0 Å². The molecule has 1 N–H and O–H groups in total. The lowest BCUT2D eigenvalue weighted by molar-refractivity contribution is -0.137. The van der Waals surface area contributed by atoms with Crippen molar-refractivity contribution in [2.45, 2.75) is 32.5 Å². The molecule has 1 aromatic heterocycles. The molecule has 8 heteroatoms. The van der Waals surface area contributed by atoms with Crippen molar-refractivity contribution in [1.29, 1.82) is 0 Å². The summed E-state index contributed by atoms with van der Waals surface area (Å²) in [5, 5.41) is 4.58. The van der Waals surface area contributed by atoms with Crippen LogP contribution in [0, 0.1) is 0 Å². The Labute approximate surface area is 166 Å². The van der Waals surface area contributed by atoms with E-state index in [2.05, 4.69) is 40.3 Å². The number of pyridine rings is 1. The zero-order valence-electron chi connectivity index (χ0n) is 15.9. The summed E-state index contributed by atoms with van der Waals surface area (Å²) in [6, 6.07) is 6.01. The van der Waals surface area contributed by atoms with E-state index in [9.17, 15) is 13.2 Å². The van der Waals surface area contributed by atoms with Crippen LogP contribution in [0.5, 0.6) is 0 Å². The van der Waals surface area contributed by atoms with Crippen molar-refractivity contribution in [2.24, 2.45) is 5.10 Å². The lowest BCUT2D eigenvalue weighted by atomic mass is 9.88. The second kappa shape index (κ2) is 7.13. The summed E-state index contributed by atoms with van der Waals surface area (Å²) in [6.07, 6.45) is 0.0531. The normalized spacial score (nSPS) is 16.1. The Kier molecular flexibility index (Phi) is 5.14. The number of hydrogen-bond donors (Lipinski definition) is 1. The van der Waals surface area contributed by atoms with Crippen LogP contribution in [-0.4, -0.2) is 23.8 Å². The van der Waals surface area contributed by atoms with Gasteiger partial charge in [0, 0.05) is 30.1 Å². The third-order valence-electron chi connectivity index (χ3n) is 4.81. The Bertz CT molecular complexity index is 947. The average Bonchev–Trinajstić information content (AvgIpc) is 2.60. The van der Waals surface area contributed by atoms with Gasteiger partial charge in [0.25, 0.3) is 0 Å². The quantitative estimate of drug-likeness (QED) is 0.513. The number of anilines is 2. The first-order valence-electron chi connectivity index (χ1n) is 8.58. The smallest absolute Gasteiger partial charge is 0.365 e. The van der Waals surface area contributed by atoms with Crippen LogP contribution in [0.25, 0.3) is 5.57 Å². The highest BCUT2D eigenvalue weighted by Gasteiger charge is 2.31. The Morgan fingerprint density at radius 1 is 1.25 bits per heavy atom. The molecule has 148 valence electrons. The number of likely N-dealkylation sites (N-methyl/N-ethyl adjacent to an activating group) is 1. The molecule has 2 heterocycles. The third-order valence-corrected chi connectivity index (χ3v) is 5.14. The lowest BCUT2D eigenvalue weighted by Crippen LogP contribution is -2.42. The molecule has 0 amide bonds. The average molecular weight is 409 g/mol. The van der Waals surface area contributed by atoms with Crippen LogP contribution < -0.4 is 10.3 Å². The van der Waals surface area contributed by atoms with Crippen LogP contribution in [0.2, 0.25) is 5.02 Å². The van der Waals surface area contributed by atoms with Crippen molar-refractivity contribution in [3.05, 3.63) is 58.3 Å². The zero-order chi connectivity index (χ0) is 20.7. The summed E-state index contributed by atoms with van der Waals surface area (Å²) in [6.45, 7) is 6.31. The SMILES string of the molecule is CC1=CC(C)(C)N(C)c2cc(Cl)c(/C=N/Nc3ccc(C(F)(F)F)cn3)cc21. The van der Waals surface area contributed by atoms with E-state index in [-0.39, 0.29) is 11.4 Å². The molecule has 0 saturated carbocycles. The van der Waals surface area contributed by atoms with Crippen LogP contribution in [-0.2, 0) is 6.18 Å².